The van der Waals surface area contributed by atoms with E-state index >= 15 is 0 Å². The summed E-state index contributed by atoms with van der Waals surface area (Å²) >= 11 is 0. The smallest absolute Gasteiger partial charge is 0.318 e. The molecule has 1 unspecified atom stereocenters. The zero-order chi connectivity index (χ0) is 38.3. The Morgan fingerprint density at radius 1 is 0.909 bits per heavy atom. The van der Waals surface area contributed by atoms with Gasteiger partial charge in [-0.1, -0.05) is 18.9 Å². The summed E-state index contributed by atoms with van der Waals surface area (Å²) in [5.74, 6) is -0.265. The van der Waals surface area contributed by atoms with Crippen molar-refractivity contribution in [3.05, 3.63) is 52.9 Å². The van der Waals surface area contributed by atoms with Crippen molar-refractivity contribution >= 4 is 50.5 Å². The summed E-state index contributed by atoms with van der Waals surface area (Å²) in [6, 6.07) is 9.95. The van der Waals surface area contributed by atoms with E-state index in [0.717, 1.165) is 75.8 Å². The van der Waals surface area contributed by atoms with Gasteiger partial charge in [0.15, 0.2) is 0 Å². The van der Waals surface area contributed by atoms with Crippen molar-refractivity contribution in [2.24, 2.45) is 0 Å². The van der Waals surface area contributed by atoms with Gasteiger partial charge in [-0.2, -0.15) is 9.29 Å². The van der Waals surface area contributed by atoms with Crippen LogP contribution in [0.3, 0.4) is 0 Å². The van der Waals surface area contributed by atoms with Crippen LogP contribution >= 0.6 is 0 Å². The lowest BCUT2D eigenvalue weighted by atomic mass is 9.95. The Hall–Kier alpha value is -4.61. The van der Waals surface area contributed by atoms with Gasteiger partial charge in [-0.3, -0.25) is 29.2 Å². The number of carbonyl (C=O) groups is 3. The molecule has 4 aliphatic heterocycles. The summed E-state index contributed by atoms with van der Waals surface area (Å²) in [6.07, 6.45) is 9.09. The van der Waals surface area contributed by atoms with Crippen LogP contribution in [-0.2, 0) is 19.6 Å². The number of pyridine rings is 1. The van der Waals surface area contributed by atoms with E-state index in [1.54, 1.807) is 52.8 Å². The zero-order valence-corrected chi connectivity index (χ0v) is 32.0. The molecule has 1 aliphatic carbocycles. The third kappa shape index (κ3) is 7.53. The van der Waals surface area contributed by atoms with E-state index in [1.165, 1.54) is 0 Å². The van der Waals surface area contributed by atoms with Gasteiger partial charge >= 0.3 is 6.03 Å². The predicted octanol–water partition coefficient (Wildman–Crippen LogP) is 2.27. The van der Waals surface area contributed by atoms with Gasteiger partial charge in [-0.05, 0) is 69.2 Å². The monoisotopic (exact) mass is 774 g/mol. The number of fused-ring (bicyclic) bond motifs is 1. The molecule has 1 saturated carbocycles. The Balaban J connectivity index is 0.842. The molecule has 6 heterocycles. The number of piperidine rings is 3. The van der Waals surface area contributed by atoms with Gasteiger partial charge in [0, 0.05) is 100 Å². The van der Waals surface area contributed by atoms with E-state index in [0.29, 0.717) is 50.0 Å². The highest BCUT2D eigenvalue weighted by molar-refractivity contribution is 7.89. The van der Waals surface area contributed by atoms with E-state index in [2.05, 4.69) is 30.7 Å². The maximum absolute atomic E-state index is 13.8. The van der Waals surface area contributed by atoms with E-state index in [-0.39, 0.29) is 46.9 Å². The maximum atomic E-state index is 13.8. The van der Waals surface area contributed by atoms with Crippen LogP contribution < -0.4 is 26.4 Å². The molecule has 4 saturated heterocycles. The Morgan fingerprint density at radius 2 is 1.65 bits per heavy atom. The molecule has 5 fully saturated rings. The van der Waals surface area contributed by atoms with E-state index in [9.17, 15) is 27.6 Å². The Labute approximate surface area is 320 Å². The number of benzene rings is 1. The molecule has 0 bridgehead atoms. The van der Waals surface area contributed by atoms with Crippen LogP contribution in [0.5, 0.6) is 0 Å². The van der Waals surface area contributed by atoms with Crippen molar-refractivity contribution in [2.45, 2.75) is 99.3 Å². The third-order valence-electron chi connectivity index (χ3n) is 12.2. The standard InChI is InChI=1S/C38H50N10O6S/c1-39-38(52)47(32-10-11-33(49)42-36(32)51)28-15-17-44(18-16-28)30-23-45(24-30)29-7-4-8-31(21-29)55(53,54)46-19-13-26(14-20-46)41-37-40-22-25-9-12-34(50)48(35(25)43-37)27-5-2-3-6-27/h4,7-9,12,21-22,26-28,30,32H,2-3,5-6,10-11,13-20,23-24H2,1H3,(H,39,52)(H,40,41,43)(H,42,49,51). The van der Waals surface area contributed by atoms with Crippen molar-refractivity contribution in [3.63, 3.8) is 0 Å². The number of anilines is 2. The summed E-state index contributed by atoms with van der Waals surface area (Å²) < 4.78 is 31.1. The van der Waals surface area contributed by atoms with Crippen LogP contribution in [0.1, 0.15) is 70.3 Å². The molecule has 17 heteroatoms. The number of amides is 4. The minimum atomic E-state index is -3.71. The van der Waals surface area contributed by atoms with Gasteiger partial charge in [0.1, 0.15) is 11.7 Å². The fraction of sp³-hybridized carbons (Fsp3) is 0.579. The van der Waals surface area contributed by atoms with E-state index < -0.39 is 22.0 Å². The van der Waals surface area contributed by atoms with Gasteiger partial charge in [-0.15, -0.1) is 0 Å². The number of nitrogens with one attached hydrogen (secondary N) is 3. The van der Waals surface area contributed by atoms with Crippen LogP contribution in [-0.4, -0.2) is 125 Å². The van der Waals surface area contributed by atoms with Crippen LogP contribution in [0.2, 0.25) is 0 Å². The fourth-order valence-electron chi connectivity index (χ4n) is 9.10. The second-order valence-electron chi connectivity index (χ2n) is 15.5. The molecule has 16 nitrogen and oxygen atoms in total. The molecule has 2 aromatic heterocycles. The number of aromatic nitrogens is 3. The maximum Gasteiger partial charge on any atom is 0.318 e. The lowest BCUT2D eigenvalue weighted by Crippen LogP contribution is -2.64. The molecule has 294 valence electrons. The number of sulfonamides is 1. The number of likely N-dealkylation sites (tertiary alicyclic amines) is 1. The first-order valence-electron chi connectivity index (χ1n) is 19.7. The van der Waals surface area contributed by atoms with Crippen molar-refractivity contribution in [2.75, 3.05) is 56.5 Å². The first-order valence-corrected chi connectivity index (χ1v) is 21.1. The first-order chi connectivity index (χ1) is 26.6. The number of rotatable bonds is 9. The molecule has 0 radical (unpaired) electrons. The first kappa shape index (κ1) is 37.3. The molecule has 3 N–H and O–H groups in total. The summed E-state index contributed by atoms with van der Waals surface area (Å²) in [5.41, 5.74) is 1.47. The van der Waals surface area contributed by atoms with Crippen molar-refractivity contribution < 1.29 is 22.8 Å². The second-order valence-corrected chi connectivity index (χ2v) is 17.5. The predicted molar refractivity (Wildman–Crippen MR) is 206 cm³/mol. The summed E-state index contributed by atoms with van der Waals surface area (Å²) in [5, 5.41) is 9.29. The van der Waals surface area contributed by atoms with E-state index in [1.807, 2.05) is 10.6 Å². The molecule has 1 atom stereocenters. The number of nitrogens with zero attached hydrogens (tertiary/aromatic N) is 7. The van der Waals surface area contributed by atoms with E-state index in [4.69, 9.17) is 4.98 Å². The Bertz CT molecular complexity index is 2100. The van der Waals surface area contributed by atoms with Crippen molar-refractivity contribution in [3.8, 4) is 0 Å². The summed E-state index contributed by atoms with van der Waals surface area (Å²) in [4.78, 5) is 65.8. The van der Waals surface area contributed by atoms with Crippen molar-refractivity contribution in [1.82, 2.24) is 39.3 Å². The largest absolute Gasteiger partial charge is 0.368 e. The highest BCUT2D eigenvalue weighted by atomic mass is 32.2. The van der Waals surface area contributed by atoms with Gasteiger partial charge in [0.2, 0.25) is 27.8 Å². The molecule has 55 heavy (non-hydrogen) atoms. The number of hydrogen-bond acceptors (Lipinski definition) is 11. The van der Waals surface area contributed by atoms with Gasteiger partial charge in [0.05, 0.1) is 4.90 Å². The third-order valence-corrected chi connectivity index (χ3v) is 14.1. The normalized spacial score (nSPS) is 22.8. The summed E-state index contributed by atoms with van der Waals surface area (Å²) in [7, 11) is -2.15. The lowest BCUT2D eigenvalue weighted by Gasteiger charge is -2.50. The number of hydrogen-bond donors (Lipinski definition) is 3. The quantitative estimate of drug-likeness (QED) is 0.272. The van der Waals surface area contributed by atoms with Crippen LogP contribution in [0.15, 0.2) is 52.3 Å². The highest BCUT2D eigenvalue weighted by Gasteiger charge is 2.41. The number of carbonyl (C=O) groups excluding carboxylic acids is 3. The second kappa shape index (κ2) is 15.5. The van der Waals surface area contributed by atoms with Gasteiger partial charge in [0.25, 0.3) is 5.56 Å². The SMILES string of the molecule is CNC(=O)N(C1CCN(C2CN(c3cccc(S(=O)(=O)N4CCC(Nc5ncc6ccc(=O)n(C7CCCC7)c6n5)CC4)c3)C2)CC1)C1CCC(=O)NC1=O. The molecule has 8 rings (SSSR count). The molecule has 5 aliphatic rings. The average molecular weight is 775 g/mol. The zero-order valence-electron chi connectivity index (χ0n) is 31.2. The Kier molecular flexibility index (Phi) is 10.5. The lowest BCUT2D eigenvalue weighted by molar-refractivity contribution is -0.137. The molecule has 3 aromatic rings. The topological polar surface area (TPSA) is 182 Å². The Morgan fingerprint density at radius 3 is 2.36 bits per heavy atom. The minimum Gasteiger partial charge on any atom is -0.368 e. The van der Waals surface area contributed by atoms with Gasteiger partial charge < -0.3 is 20.4 Å². The van der Waals surface area contributed by atoms with Crippen LogP contribution in [0, 0.1) is 0 Å². The summed E-state index contributed by atoms with van der Waals surface area (Å²) in [6.45, 7) is 3.83. The molecule has 4 amide bonds. The number of urea groups is 1. The number of imide groups is 1. The molecule has 1 aromatic carbocycles. The molecular weight excluding hydrogens is 725 g/mol. The fourth-order valence-corrected chi connectivity index (χ4v) is 10.6. The van der Waals surface area contributed by atoms with Crippen LogP contribution in [0.25, 0.3) is 11.0 Å². The van der Waals surface area contributed by atoms with Gasteiger partial charge in [-0.25, -0.2) is 18.2 Å². The molecular formula is C38H50N10O6S. The minimum absolute atomic E-state index is 0.00186. The highest BCUT2D eigenvalue weighted by Crippen LogP contribution is 2.32. The van der Waals surface area contributed by atoms with Crippen molar-refractivity contribution in [1.29, 1.82) is 0 Å². The molecule has 0 spiro atoms. The average Bonchev–Trinajstić information content (AvgIpc) is 3.70. The van der Waals surface area contributed by atoms with Crippen LogP contribution in [0.4, 0.5) is 16.4 Å².